The molecule has 1 amide bonds. The summed E-state index contributed by atoms with van der Waals surface area (Å²) in [7, 11) is 0. The smallest absolute Gasteiger partial charge is 0.332 e. The van der Waals surface area contributed by atoms with Gasteiger partial charge < -0.3 is 20.2 Å². The standard InChI is InChI=1S/C17H26N2O2.C6H12O3/c1-14(2)12-16(20)17(21)19-10-8-18(9-11-19)13-15-6-4-3-5-7-15;1-4(2)3-5(7)6(8)9/h3-7,14,16,20H,8-13H2,1-2H3;4-5,7H,3H2,1-2H3,(H,8,9)/t16-;5-/m11/s1. The largest absolute Gasteiger partial charge is 0.479 e. The molecule has 0 bridgehead atoms. The van der Waals surface area contributed by atoms with Crippen molar-refractivity contribution >= 4 is 11.9 Å². The van der Waals surface area contributed by atoms with Crippen molar-refractivity contribution in [2.24, 2.45) is 11.8 Å². The highest BCUT2D eigenvalue weighted by Crippen LogP contribution is 2.12. The van der Waals surface area contributed by atoms with Crippen LogP contribution < -0.4 is 0 Å². The molecular formula is C23H38N2O5. The van der Waals surface area contributed by atoms with Crippen molar-refractivity contribution < 1.29 is 24.9 Å². The first-order valence-corrected chi connectivity index (χ1v) is 10.7. The number of carbonyl (C=O) groups excluding carboxylic acids is 1. The Morgan fingerprint density at radius 3 is 1.80 bits per heavy atom. The van der Waals surface area contributed by atoms with Crippen LogP contribution in [0.5, 0.6) is 0 Å². The molecule has 0 spiro atoms. The van der Waals surface area contributed by atoms with Crippen LogP contribution in [0.15, 0.2) is 30.3 Å². The van der Waals surface area contributed by atoms with E-state index < -0.39 is 18.2 Å². The van der Waals surface area contributed by atoms with E-state index in [9.17, 15) is 14.7 Å². The summed E-state index contributed by atoms with van der Waals surface area (Å²) in [5.41, 5.74) is 1.30. The number of piperazine rings is 1. The SMILES string of the molecule is CC(C)C[C@@H](O)C(=O)N1CCN(Cc2ccccc2)CC1.CC(C)C[C@@H](O)C(=O)O. The van der Waals surface area contributed by atoms with E-state index in [-0.39, 0.29) is 11.8 Å². The van der Waals surface area contributed by atoms with Crippen molar-refractivity contribution in [3.8, 4) is 0 Å². The first-order chi connectivity index (χ1) is 14.1. The van der Waals surface area contributed by atoms with Crippen molar-refractivity contribution in [3.63, 3.8) is 0 Å². The molecule has 7 nitrogen and oxygen atoms in total. The summed E-state index contributed by atoms with van der Waals surface area (Å²) in [5.74, 6) is -0.675. The second kappa shape index (κ2) is 13.4. The highest BCUT2D eigenvalue weighted by Gasteiger charge is 2.26. The summed E-state index contributed by atoms with van der Waals surface area (Å²) in [6.07, 6.45) is -1.16. The summed E-state index contributed by atoms with van der Waals surface area (Å²) >= 11 is 0. The molecule has 1 aromatic rings. The second-order valence-electron chi connectivity index (χ2n) is 8.72. The molecule has 2 rings (SSSR count). The molecule has 3 N–H and O–H groups in total. The number of amides is 1. The predicted molar refractivity (Wildman–Crippen MR) is 117 cm³/mol. The summed E-state index contributed by atoms with van der Waals surface area (Å²) in [6.45, 7) is 11.9. The summed E-state index contributed by atoms with van der Waals surface area (Å²) < 4.78 is 0. The van der Waals surface area contributed by atoms with Crippen molar-refractivity contribution in [1.29, 1.82) is 0 Å². The molecule has 30 heavy (non-hydrogen) atoms. The lowest BCUT2D eigenvalue weighted by Gasteiger charge is -2.35. The van der Waals surface area contributed by atoms with Crippen molar-refractivity contribution in [2.45, 2.75) is 59.3 Å². The minimum atomic E-state index is -1.19. The van der Waals surface area contributed by atoms with Gasteiger partial charge in [-0.05, 0) is 30.2 Å². The molecule has 0 saturated carbocycles. The van der Waals surface area contributed by atoms with Crippen LogP contribution in [0.4, 0.5) is 0 Å². The Morgan fingerprint density at radius 1 is 0.867 bits per heavy atom. The van der Waals surface area contributed by atoms with Crippen LogP contribution in [0.1, 0.15) is 46.1 Å². The summed E-state index contributed by atoms with van der Waals surface area (Å²) in [6, 6.07) is 10.4. The number of nitrogens with zero attached hydrogens (tertiary/aromatic N) is 2. The zero-order chi connectivity index (χ0) is 22.7. The Labute approximate surface area is 180 Å². The van der Waals surface area contributed by atoms with E-state index in [2.05, 4.69) is 29.2 Å². The number of aliphatic hydroxyl groups is 2. The van der Waals surface area contributed by atoms with Gasteiger partial charge in [-0.3, -0.25) is 9.69 Å². The topological polar surface area (TPSA) is 101 Å². The molecule has 1 aliphatic heterocycles. The van der Waals surface area contributed by atoms with Crippen LogP contribution in [0.3, 0.4) is 0 Å². The predicted octanol–water partition coefficient (Wildman–Crippen LogP) is 2.22. The number of hydrogen-bond donors (Lipinski definition) is 3. The van der Waals surface area contributed by atoms with Gasteiger partial charge in [0.1, 0.15) is 6.10 Å². The van der Waals surface area contributed by atoms with E-state index in [4.69, 9.17) is 10.2 Å². The number of carboxylic acid groups (broad SMARTS) is 1. The molecule has 0 aromatic heterocycles. The van der Waals surface area contributed by atoms with Gasteiger partial charge in [0.25, 0.3) is 5.91 Å². The number of carboxylic acids is 1. The van der Waals surface area contributed by atoms with Gasteiger partial charge in [0.15, 0.2) is 6.10 Å². The van der Waals surface area contributed by atoms with Crippen LogP contribution in [-0.2, 0) is 16.1 Å². The molecule has 1 fully saturated rings. The van der Waals surface area contributed by atoms with Crippen LogP contribution in [-0.4, -0.2) is 75.4 Å². The molecule has 0 radical (unpaired) electrons. The Morgan fingerprint density at radius 2 is 1.37 bits per heavy atom. The Kier molecular flexibility index (Phi) is 11.6. The normalized spacial score (nSPS) is 16.7. The average molecular weight is 423 g/mol. The quantitative estimate of drug-likeness (QED) is 0.594. The highest BCUT2D eigenvalue weighted by molar-refractivity contribution is 5.80. The zero-order valence-corrected chi connectivity index (χ0v) is 18.7. The Hall–Kier alpha value is -1.96. The van der Waals surface area contributed by atoms with Crippen LogP contribution in [0.2, 0.25) is 0 Å². The fraction of sp³-hybridized carbons (Fsp3) is 0.652. The molecule has 7 heteroatoms. The van der Waals surface area contributed by atoms with Crippen LogP contribution >= 0.6 is 0 Å². The number of hydrogen-bond acceptors (Lipinski definition) is 5. The molecule has 0 unspecified atom stereocenters. The molecular weight excluding hydrogens is 384 g/mol. The average Bonchev–Trinajstić information content (AvgIpc) is 2.68. The molecule has 1 aromatic carbocycles. The molecule has 1 heterocycles. The third kappa shape index (κ3) is 10.2. The number of rotatable bonds is 8. The number of aliphatic hydroxyl groups excluding tert-OH is 2. The fourth-order valence-electron chi connectivity index (χ4n) is 3.27. The lowest BCUT2D eigenvalue weighted by Crippen LogP contribution is -2.51. The molecule has 2 atom stereocenters. The summed E-state index contributed by atoms with van der Waals surface area (Å²) in [5, 5.41) is 26.8. The molecule has 0 aliphatic carbocycles. The maximum Gasteiger partial charge on any atom is 0.332 e. The van der Waals surface area contributed by atoms with E-state index in [1.54, 1.807) is 4.90 Å². The first-order valence-electron chi connectivity index (χ1n) is 10.7. The summed E-state index contributed by atoms with van der Waals surface area (Å²) in [4.78, 5) is 26.3. The monoisotopic (exact) mass is 422 g/mol. The highest BCUT2D eigenvalue weighted by atomic mass is 16.4. The Balaban J connectivity index is 0.000000424. The lowest BCUT2D eigenvalue weighted by molar-refractivity contribution is -0.147. The van der Waals surface area contributed by atoms with E-state index in [1.165, 1.54) is 5.56 Å². The van der Waals surface area contributed by atoms with E-state index >= 15 is 0 Å². The molecule has 1 saturated heterocycles. The van der Waals surface area contributed by atoms with E-state index in [0.717, 1.165) is 19.6 Å². The maximum absolute atomic E-state index is 12.2. The second-order valence-corrected chi connectivity index (χ2v) is 8.72. The maximum atomic E-state index is 12.2. The Bertz CT molecular complexity index is 628. The lowest BCUT2D eigenvalue weighted by atomic mass is 10.0. The van der Waals surface area contributed by atoms with Gasteiger partial charge >= 0.3 is 5.97 Å². The number of carbonyl (C=O) groups is 2. The van der Waals surface area contributed by atoms with Gasteiger partial charge in [-0.1, -0.05) is 58.0 Å². The van der Waals surface area contributed by atoms with Crippen molar-refractivity contribution in [2.75, 3.05) is 26.2 Å². The van der Waals surface area contributed by atoms with Gasteiger partial charge in [-0.2, -0.15) is 0 Å². The third-order valence-corrected chi connectivity index (χ3v) is 4.89. The number of aliphatic carboxylic acids is 1. The first kappa shape index (κ1) is 26.1. The third-order valence-electron chi connectivity index (χ3n) is 4.89. The van der Waals surface area contributed by atoms with Crippen LogP contribution in [0.25, 0.3) is 0 Å². The van der Waals surface area contributed by atoms with Gasteiger partial charge in [-0.15, -0.1) is 0 Å². The van der Waals surface area contributed by atoms with Gasteiger partial charge in [-0.25, -0.2) is 4.79 Å². The zero-order valence-electron chi connectivity index (χ0n) is 18.7. The minimum absolute atomic E-state index is 0.108. The number of benzene rings is 1. The molecule has 170 valence electrons. The minimum Gasteiger partial charge on any atom is -0.479 e. The van der Waals surface area contributed by atoms with E-state index in [1.807, 2.05) is 33.8 Å². The van der Waals surface area contributed by atoms with Gasteiger partial charge in [0, 0.05) is 32.7 Å². The van der Waals surface area contributed by atoms with Gasteiger partial charge in [0.2, 0.25) is 0 Å². The fourth-order valence-corrected chi connectivity index (χ4v) is 3.27. The van der Waals surface area contributed by atoms with Crippen LogP contribution in [0, 0.1) is 11.8 Å². The molecule has 1 aliphatic rings. The van der Waals surface area contributed by atoms with Crippen molar-refractivity contribution in [3.05, 3.63) is 35.9 Å². The van der Waals surface area contributed by atoms with Crippen molar-refractivity contribution in [1.82, 2.24) is 9.80 Å². The van der Waals surface area contributed by atoms with Gasteiger partial charge in [0.05, 0.1) is 0 Å². The van der Waals surface area contributed by atoms with E-state index in [0.29, 0.717) is 31.8 Å².